The second-order valence-corrected chi connectivity index (χ2v) is 7.17. The van der Waals surface area contributed by atoms with Crippen molar-refractivity contribution in [1.29, 1.82) is 0 Å². The molecule has 31 heavy (non-hydrogen) atoms. The number of aryl methyl sites for hydroxylation is 1. The number of piperazine rings is 1. The lowest BCUT2D eigenvalue weighted by Gasteiger charge is -2.34. The average Bonchev–Trinajstić information content (AvgIpc) is 2.74. The van der Waals surface area contributed by atoms with Crippen LogP contribution in [0.1, 0.15) is 28.7 Å². The van der Waals surface area contributed by atoms with Gasteiger partial charge < -0.3 is 15.5 Å². The van der Waals surface area contributed by atoms with Crippen LogP contribution in [0.3, 0.4) is 0 Å². The molecule has 1 fully saturated rings. The van der Waals surface area contributed by atoms with E-state index in [1.54, 1.807) is 43.3 Å². The fraction of sp³-hybridized carbons (Fsp3) is 0.381. The van der Waals surface area contributed by atoms with Crippen LogP contribution in [0, 0.1) is 6.92 Å². The number of aromatic nitrogens is 2. The molecule has 2 aromatic rings. The summed E-state index contributed by atoms with van der Waals surface area (Å²) in [5, 5.41) is 7.90. The molecule has 0 radical (unpaired) electrons. The first-order valence-electron chi connectivity index (χ1n) is 10.1. The van der Waals surface area contributed by atoms with E-state index < -0.39 is 0 Å². The summed E-state index contributed by atoms with van der Waals surface area (Å²) in [6.45, 7) is 6.20. The van der Waals surface area contributed by atoms with Crippen LogP contribution in [0.2, 0.25) is 0 Å². The fourth-order valence-corrected chi connectivity index (χ4v) is 3.43. The zero-order valence-corrected chi connectivity index (χ0v) is 17.9. The molecule has 3 heterocycles. The van der Waals surface area contributed by atoms with Gasteiger partial charge in [0, 0.05) is 39.4 Å². The lowest BCUT2D eigenvalue weighted by atomic mass is 10.2. The summed E-state index contributed by atoms with van der Waals surface area (Å²) in [6, 6.07) is 6.76. The third-order valence-electron chi connectivity index (χ3n) is 4.92. The van der Waals surface area contributed by atoms with Crippen molar-refractivity contribution >= 4 is 29.4 Å². The van der Waals surface area contributed by atoms with Crippen LogP contribution in [0.5, 0.6) is 0 Å². The van der Waals surface area contributed by atoms with E-state index in [0.717, 1.165) is 11.3 Å². The van der Waals surface area contributed by atoms with Crippen LogP contribution < -0.4 is 20.9 Å². The number of hydrogen-bond acceptors (Lipinski definition) is 6. The maximum Gasteiger partial charge on any atom is 0.320 e. The first-order chi connectivity index (χ1) is 14.9. The van der Waals surface area contributed by atoms with E-state index in [4.69, 9.17) is 0 Å². The molecule has 0 spiro atoms. The first kappa shape index (κ1) is 22.2. The molecule has 10 heteroatoms. The molecule has 10 nitrogen and oxygen atoms in total. The summed E-state index contributed by atoms with van der Waals surface area (Å²) in [5.74, 6) is 0.175. The van der Waals surface area contributed by atoms with E-state index in [0.29, 0.717) is 43.4 Å². The third-order valence-corrected chi connectivity index (χ3v) is 4.92. The molecule has 164 valence electrons. The lowest BCUT2D eigenvalue weighted by molar-refractivity contribution is -0.121. The topological polar surface area (TPSA) is 120 Å². The summed E-state index contributed by atoms with van der Waals surface area (Å²) in [6.07, 6.45) is 1.64. The molecular weight excluding hydrogens is 398 g/mol. The number of anilines is 2. The largest absolute Gasteiger partial charge is 0.354 e. The Kier molecular flexibility index (Phi) is 7.14. The number of carbonyl (C=O) groups excluding carboxylic acids is 3. The normalized spacial score (nSPS) is 14.3. The molecule has 1 aliphatic heterocycles. The third kappa shape index (κ3) is 5.54. The molecule has 1 aliphatic rings. The first-order valence-corrected chi connectivity index (χ1v) is 10.1. The van der Waals surface area contributed by atoms with Gasteiger partial charge in [-0.1, -0.05) is 0 Å². The highest BCUT2D eigenvalue weighted by Gasteiger charge is 2.26. The van der Waals surface area contributed by atoms with E-state index in [9.17, 15) is 14.4 Å². The van der Waals surface area contributed by atoms with Crippen LogP contribution in [0.4, 0.5) is 16.3 Å². The Morgan fingerprint density at radius 2 is 2.00 bits per heavy atom. The van der Waals surface area contributed by atoms with Crippen LogP contribution in [-0.4, -0.2) is 65.9 Å². The van der Waals surface area contributed by atoms with Crippen LogP contribution in [0.25, 0.3) is 0 Å². The quantitative estimate of drug-likeness (QED) is 0.638. The summed E-state index contributed by atoms with van der Waals surface area (Å²) in [4.78, 5) is 48.5. The van der Waals surface area contributed by atoms with Gasteiger partial charge in [-0.3, -0.25) is 19.8 Å². The molecule has 0 unspecified atom stereocenters. The maximum atomic E-state index is 12.8. The Morgan fingerprint density at radius 1 is 1.19 bits per heavy atom. The number of amides is 4. The number of nitrogens with one attached hydrogen (secondary N) is 3. The number of carbonyl (C=O) groups is 3. The van der Waals surface area contributed by atoms with Gasteiger partial charge in [-0.15, -0.1) is 0 Å². The molecule has 0 aliphatic carbocycles. The van der Waals surface area contributed by atoms with Crippen LogP contribution in [-0.2, 0) is 11.3 Å². The smallest absolute Gasteiger partial charge is 0.320 e. The van der Waals surface area contributed by atoms with Crippen LogP contribution >= 0.6 is 0 Å². The molecule has 0 atom stereocenters. The SMILES string of the molecule is CCNC(=O)Nc1cc(CN2CCN(c3ccc(C(=O)NC)nc3C)C(=O)C2)ccn1. The van der Waals surface area contributed by atoms with Gasteiger partial charge in [-0.05, 0) is 43.7 Å². The Hall–Kier alpha value is -3.53. The molecule has 0 saturated carbocycles. The molecule has 0 aromatic carbocycles. The fourth-order valence-electron chi connectivity index (χ4n) is 3.43. The van der Waals surface area contributed by atoms with Gasteiger partial charge in [0.05, 0.1) is 17.9 Å². The Bertz CT molecular complexity index is 979. The zero-order chi connectivity index (χ0) is 22.4. The van der Waals surface area contributed by atoms with E-state index in [1.807, 2.05) is 17.9 Å². The average molecular weight is 425 g/mol. The minimum atomic E-state index is -0.303. The van der Waals surface area contributed by atoms with Gasteiger partial charge in [0.25, 0.3) is 5.91 Å². The summed E-state index contributed by atoms with van der Waals surface area (Å²) in [7, 11) is 1.55. The number of pyridine rings is 2. The number of nitrogens with zero attached hydrogens (tertiary/aromatic N) is 4. The Balaban J connectivity index is 1.63. The van der Waals surface area contributed by atoms with Crippen molar-refractivity contribution in [3.8, 4) is 0 Å². The van der Waals surface area contributed by atoms with Crippen molar-refractivity contribution in [2.45, 2.75) is 20.4 Å². The van der Waals surface area contributed by atoms with Gasteiger partial charge in [-0.25, -0.2) is 14.8 Å². The summed E-state index contributed by atoms with van der Waals surface area (Å²) >= 11 is 0. The lowest BCUT2D eigenvalue weighted by Crippen LogP contribution is -2.50. The van der Waals surface area contributed by atoms with Gasteiger partial charge >= 0.3 is 6.03 Å². The minimum absolute atomic E-state index is 0.0291. The highest BCUT2D eigenvalue weighted by Crippen LogP contribution is 2.22. The van der Waals surface area contributed by atoms with Crippen molar-refractivity contribution in [2.75, 3.05) is 43.4 Å². The van der Waals surface area contributed by atoms with Crippen molar-refractivity contribution < 1.29 is 14.4 Å². The van der Waals surface area contributed by atoms with Crippen molar-refractivity contribution in [2.24, 2.45) is 0 Å². The van der Waals surface area contributed by atoms with Crippen molar-refractivity contribution in [3.63, 3.8) is 0 Å². The van der Waals surface area contributed by atoms with Crippen molar-refractivity contribution in [1.82, 2.24) is 25.5 Å². The van der Waals surface area contributed by atoms with Gasteiger partial charge in [0.1, 0.15) is 11.5 Å². The van der Waals surface area contributed by atoms with E-state index in [2.05, 4.69) is 25.9 Å². The predicted octanol–water partition coefficient (Wildman–Crippen LogP) is 1.13. The summed E-state index contributed by atoms with van der Waals surface area (Å²) < 4.78 is 0. The Morgan fingerprint density at radius 3 is 2.68 bits per heavy atom. The van der Waals surface area contributed by atoms with Gasteiger partial charge in [0.2, 0.25) is 5.91 Å². The molecule has 2 aromatic heterocycles. The molecule has 3 rings (SSSR count). The number of hydrogen-bond donors (Lipinski definition) is 3. The van der Waals surface area contributed by atoms with Gasteiger partial charge in [0.15, 0.2) is 0 Å². The number of urea groups is 1. The van der Waals surface area contributed by atoms with E-state index in [1.165, 1.54) is 0 Å². The highest BCUT2D eigenvalue weighted by molar-refractivity contribution is 5.97. The van der Waals surface area contributed by atoms with Crippen molar-refractivity contribution in [3.05, 3.63) is 47.4 Å². The molecule has 3 N–H and O–H groups in total. The monoisotopic (exact) mass is 425 g/mol. The van der Waals surface area contributed by atoms with E-state index >= 15 is 0 Å². The van der Waals surface area contributed by atoms with Gasteiger partial charge in [-0.2, -0.15) is 0 Å². The summed E-state index contributed by atoms with van der Waals surface area (Å²) in [5.41, 5.74) is 2.63. The molecule has 4 amide bonds. The molecule has 1 saturated heterocycles. The molecular formula is C21H27N7O3. The maximum absolute atomic E-state index is 12.8. The Labute approximate surface area is 181 Å². The minimum Gasteiger partial charge on any atom is -0.354 e. The second-order valence-electron chi connectivity index (χ2n) is 7.17. The molecule has 0 bridgehead atoms. The zero-order valence-electron chi connectivity index (χ0n) is 17.9. The number of rotatable bonds is 6. The van der Waals surface area contributed by atoms with E-state index in [-0.39, 0.29) is 24.4 Å². The second kappa shape index (κ2) is 9.98. The predicted molar refractivity (Wildman–Crippen MR) is 117 cm³/mol. The standard InChI is InChI=1S/C21H27N7O3/c1-4-23-21(31)26-18-11-15(7-8-24-18)12-27-9-10-28(19(29)13-27)17-6-5-16(20(30)22-3)25-14(17)2/h5-8,11H,4,9-10,12-13H2,1-3H3,(H,22,30)(H2,23,24,26,31). The highest BCUT2D eigenvalue weighted by atomic mass is 16.2. The van der Waals surface area contributed by atoms with Crippen LogP contribution in [0.15, 0.2) is 30.5 Å².